The van der Waals surface area contributed by atoms with Crippen LogP contribution in [-0.4, -0.2) is 53.4 Å². The molecule has 1 aliphatic heterocycles. The predicted octanol–water partition coefficient (Wildman–Crippen LogP) is 4.57. The van der Waals surface area contributed by atoms with Gasteiger partial charge in [-0.05, 0) is 24.3 Å². The van der Waals surface area contributed by atoms with E-state index in [0.717, 1.165) is 27.6 Å². The Labute approximate surface area is 210 Å². The highest BCUT2D eigenvalue weighted by molar-refractivity contribution is 7.22. The van der Waals surface area contributed by atoms with Gasteiger partial charge in [-0.3, -0.25) is 4.79 Å². The second-order valence-corrected chi connectivity index (χ2v) is 9.63. The molecule has 1 saturated heterocycles. The Kier molecular flexibility index (Phi) is 6.17. The highest BCUT2D eigenvalue weighted by Crippen LogP contribution is 2.40. The average molecular weight is 539 g/mol. The molecule has 0 bridgehead atoms. The summed E-state index contributed by atoms with van der Waals surface area (Å²) in [4.78, 5) is 32.3. The monoisotopic (exact) mass is 538 g/mol. The van der Waals surface area contributed by atoms with Crippen LogP contribution in [0.3, 0.4) is 0 Å². The highest BCUT2D eigenvalue weighted by atomic mass is 35.5. The van der Waals surface area contributed by atoms with Crippen molar-refractivity contribution in [3.05, 3.63) is 57.1 Å². The molecule has 1 N–H and O–H groups in total. The SMILES string of the molecule is Cn1cc(C(=O)O)c(=O)c2cc(F)c(N3CCN(c4nc5ccc(Cl)cc5s4)CC3)c(OC(F)F)c21. The lowest BCUT2D eigenvalue weighted by molar-refractivity contribution is -0.0488. The summed E-state index contributed by atoms with van der Waals surface area (Å²) in [5, 5.41) is 10.3. The fraction of sp³-hybridized carbons (Fsp3) is 0.261. The van der Waals surface area contributed by atoms with Crippen molar-refractivity contribution >= 4 is 60.8 Å². The normalized spacial score (nSPS) is 14.3. The average Bonchev–Trinajstić information content (AvgIpc) is 3.24. The molecule has 8 nitrogen and oxygen atoms in total. The lowest BCUT2D eigenvalue weighted by atomic mass is 10.1. The first-order valence-corrected chi connectivity index (χ1v) is 11.9. The third-order valence-corrected chi connectivity index (χ3v) is 7.30. The van der Waals surface area contributed by atoms with E-state index in [1.165, 1.54) is 23.0 Å². The number of benzene rings is 2. The fourth-order valence-electron chi connectivity index (χ4n) is 4.38. The minimum absolute atomic E-state index is 0.118. The summed E-state index contributed by atoms with van der Waals surface area (Å²) in [6.07, 6.45) is 1.00. The number of hydrogen-bond donors (Lipinski definition) is 1. The van der Waals surface area contributed by atoms with E-state index >= 15 is 4.39 Å². The van der Waals surface area contributed by atoms with Crippen LogP contribution >= 0.6 is 22.9 Å². The Morgan fingerprint density at radius 3 is 2.56 bits per heavy atom. The lowest BCUT2D eigenvalue weighted by Gasteiger charge is -2.37. The number of nitrogens with zero attached hydrogens (tertiary/aromatic N) is 4. The molecule has 0 amide bonds. The molecule has 13 heteroatoms. The summed E-state index contributed by atoms with van der Waals surface area (Å²) in [5.41, 5.74) is -1.12. The number of carboxylic acids is 1. The minimum atomic E-state index is -3.29. The van der Waals surface area contributed by atoms with Gasteiger partial charge in [-0.2, -0.15) is 8.78 Å². The number of fused-ring (bicyclic) bond motifs is 2. The third kappa shape index (κ3) is 4.20. The molecule has 0 atom stereocenters. The molecule has 188 valence electrons. The van der Waals surface area contributed by atoms with E-state index in [4.69, 9.17) is 16.3 Å². The van der Waals surface area contributed by atoms with Crippen LogP contribution in [0.15, 0.2) is 35.3 Å². The van der Waals surface area contributed by atoms with Crippen LogP contribution in [0.4, 0.5) is 24.0 Å². The summed E-state index contributed by atoms with van der Waals surface area (Å²) >= 11 is 7.53. The number of alkyl halides is 2. The number of halogens is 4. The number of carboxylic acid groups (broad SMARTS) is 1. The zero-order valence-electron chi connectivity index (χ0n) is 18.7. The fourth-order valence-corrected chi connectivity index (χ4v) is 5.68. The van der Waals surface area contributed by atoms with E-state index < -0.39 is 35.1 Å². The number of aromatic carboxylic acids is 1. The van der Waals surface area contributed by atoms with Crippen molar-refractivity contribution in [3.63, 3.8) is 0 Å². The van der Waals surface area contributed by atoms with Gasteiger partial charge in [-0.25, -0.2) is 14.2 Å². The van der Waals surface area contributed by atoms with Gasteiger partial charge in [-0.15, -0.1) is 0 Å². The van der Waals surface area contributed by atoms with Gasteiger partial charge < -0.3 is 24.2 Å². The number of piperazine rings is 1. The van der Waals surface area contributed by atoms with Crippen molar-refractivity contribution in [1.29, 1.82) is 0 Å². The Morgan fingerprint density at radius 1 is 1.19 bits per heavy atom. The Balaban J connectivity index is 1.52. The van der Waals surface area contributed by atoms with E-state index in [2.05, 4.69) is 4.98 Å². The number of anilines is 2. The summed E-state index contributed by atoms with van der Waals surface area (Å²) < 4.78 is 49.0. The zero-order chi connectivity index (χ0) is 25.7. The standard InChI is InChI=1S/C23H18ClF3N4O4S/c1-29-10-13(21(33)34)19(32)12-9-14(25)18(20(17(12)29)35-22(26)27)30-4-6-31(7-5-30)23-28-15-3-2-11(24)8-16(15)36-23/h2-3,8-10,22H,4-7H2,1H3,(H,33,34). The van der Waals surface area contributed by atoms with E-state index in [-0.39, 0.29) is 29.7 Å². The van der Waals surface area contributed by atoms with Gasteiger partial charge in [0.1, 0.15) is 11.3 Å². The first kappa shape index (κ1) is 24.2. The largest absolute Gasteiger partial charge is 0.477 e. The van der Waals surface area contributed by atoms with Gasteiger partial charge in [-0.1, -0.05) is 22.9 Å². The number of aromatic nitrogens is 2. The number of carbonyl (C=O) groups is 1. The molecule has 0 saturated carbocycles. The van der Waals surface area contributed by atoms with Crippen LogP contribution in [0.1, 0.15) is 10.4 Å². The molecule has 2 aromatic carbocycles. The van der Waals surface area contributed by atoms with Crippen LogP contribution in [0, 0.1) is 5.82 Å². The van der Waals surface area contributed by atoms with Gasteiger partial charge in [0.25, 0.3) is 0 Å². The van der Waals surface area contributed by atoms with Crippen molar-refractivity contribution in [2.45, 2.75) is 6.61 Å². The van der Waals surface area contributed by atoms with Crippen LogP contribution in [0.2, 0.25) is 5.02 Å². The molecule has 2 aromatic heterocycles. The van der Waals surface area contributed by atoms with Crippen LogP contribution in [0.5, 0.6) is 5.75 Å². The van der Waals surface area contributed by atoms with Crippen molar-refractivity contribution in [2.75, 3.05) is 36.0 Å². The Morgan fingerprint density at radius 2 is 1.89 bits per heavy atom. The van der Waals surface area contributed by atoms with Crippen molar-refractivity contribution in [1.82, 2.24) is 9.55 Å². The maximum absolute atomic E-state index is 15.4. The van der Waals surface area contributed by atoms with E-state index in [1.807, 2.05) is 17.0 Å². The van der Waals surface area contributed by atoms with E-state index in [0.29, 0.717) is 18.1 Å². The number of aryl methyl sites for hydroxylation is 1. The molecule has 0 radical (unpaired) electrons. The highest BCUT2D eigenvalue weighted by Gasteiger charge is 2.29. The van der Waals surface area contributed by atoms with E-state index in [1.54, 1.807) is 11.0 Å². The van der Waals surface area contributed by atoms with Crippen LogP contribution < -0.4 is 20.0 Å². The first-order valence-electron chi connectivity index (χ1n) is 10.7. The summed E-state index contributed by atoms with van der Waals surface area (Å²) in [6, 6.07) is 6.28. The number of ether oxygens (including phenoxy) is 1. The van der Waals surface area contributed by atoms with Gasteiger partial charge >= 0.3 is 12.6 Å². The molecular weight excluding hydrogens is 521 g/mol. The minimum Gasteiger partial charge on any atom is -0.477 e. The topological polar surface area (TPSA) is 87.9 Å². The number of rotatable bonds is 5. The lowest BCUT2D eigenvalue weighted by Crippen LogP contribution is -2.47. The quantitative estimate of drug-likeness (QED) is 0.398. The molecule has 4 aromatic rings. The number of hydrogen-bond acceptors (Lipinski definition) is 7. The second kappa shape index (κ2) is 9.17. The predicted molar refractivity (Wildman–Crippen MR) is 132 cm³/mol. The summed E-state index contributed by atoms with van der Waals surface area (Å²) in [6.45, 7) is -1.91. The van der Waals surface area contributed by atoms with Crippen LogP contribution in [-0.2, 0) is 7.05 Å². The molecule has 5 rings (SSSR count). The Bertz CT molecular complexity index is 1570. The first-order chi connectivity index (χ1) is 17.1. The smallest absolute Gasteiger partial charge is 0.387 e. The van der Waals surface area contributed by atoms with Crippen molar-refractivity contribution in [3.8, 4) is 5.75 Å². The van der Waals surface area contributed by atoms with Gasteiger partial charge in [0.2, 0.25) is 5.43 Å². The number of thiazole rings is 1. The molecule has 0 spiro atoms. The van der Waals surface area contributed by atoms with Crippen LogP contribution in [0.25, 0.3) is 21.1 Å². The van der Waals surface area contributed by atoms with Crippen molar-refractivity contribution < 1.29 is 27.8 Å². The maximum atomic E-state index is 15.4. The summed E-state index contributed by atoms with van der Waals surface area (Å²) in [5.74, 6) is -2.98. The maximum Gasteiger partial charge on any atom is 0.387 e. The molecule has 1 aliphatic rings. The van der Waals surface area contributed by atoms with Gasteiger partial charge in [0.15, 0.2) is 16.7 Å². The van der Waals surface area contributed by atoms with Crippen molar-refractivity contribution in [2.24, 2.45) is 7.05 Å². The molecule has 36 heavy (non-hydrogen) atoms. The molecule has 0 unspecified atom stereocenters. The Hall–Kier alpha value is -3.51. The summed E-state index contributed by atoms with van der Waals surface area (Å²) in [7, 11) is 1.38. The third-order valence-electron chi connectivity index (χ3n) is 5.99. The molecule has 3 heterocycles. The second-order valence-electron chi connectivity index (χ2n) is 8.18. The van der Waals surface area contributed by atoms with E-state index in [9.17, 15) is 23.5 Å². The van der Waals surface area contributed by atoms with Gasteiger partial charge in [0.05, 0.1) is 21.1 Å². The number of pyridine rings is 1. The zero-order valence-corrected chi connectivity index (χ0v) is 20.2. The molecule has 0 aliphatic carbocycles. The molecular formula is C23H18ClF3N4O4S. The van der Waals surface area contributed by atoms with Gasteiger partial charge in [0, 0.05) is 44.4 Å². The molecule has 1 fully saturated rings.